The third kappa shape index (κ3) is 4.01. The van der Waals surface area contributed by atoms with Crippen molar-refractivity contribution in [2.45, 2.75) is 65.2 Å². The lowest BCUT2D eigenvalue weighted by atomic mass is 10.0. The van der Waals surface area contributed by atoms with E-state index >= 15 is 0 Å². The van der Waals surface area contributed by atoms with Gasteiger partial charge in [0.2, 0.25) is 0 Å². The number of aromatic nitrogens is 3. The van der Waals surface area contributed by atoms with Crippen LogP contribution in [0.2, 0.25) is 0 Å². The van der Waals surface area contributed by atoms with Gasteiger partial charge in [-0.25, -0.2) is 4.68 Å². The van der Waals surface area contributed by atoms with Gasteiger partial charge >= 0.3 is 0 Å². The number of hydrogen-bond donors (Lipinski definition) is 1. The summed E-state index contributed by atoms with van der Waals surface area (Å²) in [6.45, 7) is 12.0. The minimum absolute atomic E-state index is 0.486. The maximum Gasteiger partial charge on any atom is 0.0965 e. The second kappa shape index (κ2) is 6.48. The molecular weight excluding hydrogens is 238 g/mol. The monoisotopic (exact) mass is 265 g/mol. The number of nitrogens with one attached hydrogen (secondary N) is 1. The van der Waals surface area contributed by atoms with Gasteiger partial charge in [0.25, 0.3) is 0 Å². The fraction of sp³-hybridized carbons (Fsp3) is 0.857. The first-order chi connectivity index (χ1) is 9.06. The standard InChI is InChI=1S/C14H27N5/c1-11(2)15-9-13-10-19(17-16-13)14-5-7-18(8-6-14)12(3)4/h10-12,14-15H,5-9H2,1-4H3. The molecule has 108 valence electrons. The minimum Gasteiger partial charge on any atom is -0.309 e. The Balaban J connectivity index is 1.86. The Kier molecular flexibility index (Phi) is 4.93. The highest BCUT2D eigenvalue weighted by atomic mass is 15.4. The van der Waals surface area contributed by atoms with Crippen LogP contribution in [0.5, 0.6) is 0 Å². The molecule has 0 radical (unpaired) electrons. The molecule has 1 aliphatic heterocycles. The number of hydrogen-bond acceptors (Lipinski definition) is 4. The van der Waals surface area contributed by atoms with Crippen molar-refractivity contribution in [1.29, 1.82) is 0 Å². The zero-order chi connectivity index (χ0) is 13.8. The van der Waals surface area contributed by atoms with E-state index in [1.807, 2.05) is 0 Å². The topological polar surface area (TPSA) is 46.0 Å². The fourth-order valence-corrected chi connectivity index (χ4v) is 2.55. The first-order valence-electron chi connectivity index (χ1n) is 7.44. The molecule has 0 unspecified atom stereocenters. The lowest BCUT2D eigenvalue weighted by molar-refractivity contribution is 0.146. The van der Waals surface area contributed by atoms with Crippen LogP contribution in [0.1, 0.15) is 52.3 Å². The molecule has 2 heterocycles. The molecule has 5 nitrogen and oxygen atoms in total. The Bertz CT molecular complexity index is 377. The number of nitrogens with zero attached hydrogens (tertiary/aromatic N) is 4. The van der Waals surface area contributed by atoms with Crippen LogP contribution >= 0.6 is 0 Å². The average molecular weight is 265 g/mol. The van der Waals surface area contributed by atoms with E-state index in [9.17, 15) is 0 Å². The molecule has 0 spiro atoms. The van der Waals surface area contributed by atoms with Gasteiger partial charge in [-0.05, 0) is 26.7 Å². The molecule has 0 aliphatic carbocycles. The summed E-state index contributed by atoms with van der Waals surface area (Å²) >= 11 is 0. The van der Waals surface area contributed by atoms with Crippen molar-refractivity contribution >= 4 is 0 Å². The Hall–Kier alpha value is -0.940. The predicted octanol–water partition coefficient (Wildman–Crippen LogP) is 1.82. The van der Waals surface area contributed by atoms with Crippen LogP contribution < -0.4 is 5.32 Å². The fourth-order valence-electron chi connectivity index (χ4n) is 2.55. The highest BCUT2D eigenvalue weighted by molar-refractivity contribution is 4.94. The SMILES string of the molecule is CC(C)NCc1cn(C2CCN(C(C)C)CC2)nn1. The number of rotatable bonds is 5. The number of likely N-dealkylation sites (tertiary alicyclic amines) is 1. The molecule has 0 aromatic carbocycles. The van der Waals surface area contributed by atoms with Crippen molar-refractivity contribution in [2.75, 3.05) is 13.1 Å². The van der Waals surface area contributed by atoms with E-state index in [-0.39, 0.29) is 0 Å². The van der Waals surface area contributed by atoms with E-state index in [1.165, 1.54) is 25.9 Å². The predicted molar refractivity (Wildman–Crippen MR) is 77.0 cm³/mol. The molecule has 1 aromatic heterocycles. The van der Waals surface area contributed by atoms with Crippen LogP contribution in [0.25, 0.3) is 0 Å². The van der Waals surface area contributed by atoms with Gasteiger partial charge in [0.15, 0.2) is 0 Å². The normalized spacial score (nSPS) is 18.6. The molecule has 1 aliphatic rings. The van der Waals surface area contributed by atoms with E-state index in [0.29, 0.717) is 18.1 Å². The Morgan fingerprint density at radius 2 is 1.95 bits per heavy atom. The van der Waals surface area contributed by atoms with Crippen molar-refractivity contribution in [3.8, 4) is 0 Å². The second-order valence-corrected chi connectivity index (χ2v) is 6.09. The molecule has 0 amide bonds. The molecule has 5 heteroatoms. The van der Waals surface area contributed by atoms with Crippen LogP contribution in [0.3, 0.4) is 0 Å². The Labute approximate surface area is 116 Å². The first-order valence-corrected chi connectivity index (χ1v) is 7.44. The third-order valence-corrected chi connectivity index (χ3v) is 3.85. The van der Waals surface area contributed by atoms with Gasteiger partial charge in [0.1, 0.15) is 0 Å². The van der Waals surface area contributed by atoms with Gasteiger partial charge < -0.3 is 10.2 Å². The lowest BCUT2D eigenvalue weighted by Crippen LogP contribution is -2.39. The van der Waals surface area contributed by atoms with E-state index in [0.717, 1.165) is 12.2 Å². The number of piperidine rings is 1. The van der Waals surface area contributed by atoms with E-state index in [4.69, 9.17) is 0 Å². The molecule has 19 heavy (non-hydrogen) atoms. The van der Waals surface area contributed by atoms with Crippen LogP contribution in [0, 0.1) is 0 Å². The van der Waals surface area contributed by atoms with Gasteiger partial charge in [-0.2, -0.15) is 0 Å². The van der Waals surface area contributed by atoms with Gasteiger partial charge in [-0.3, -0.25) is 0 Å². The van der Waals surface area contributed by atoms with Crippen molar-refractivity contribution in [1.82, 2.24) is 25.2 Å². The average Bonchev–Trinajstić information content (AvgIpc) is 2.85. The summed E-state index contributed by atoms with van der Waals surface area (Å²) in [4.78, 5) is 2.54. The van der Waals surface area contributed by atoms with E-state index in [1.54, 1.807) is 0 Å². The highest BCUT2D eigenvalue weighted by Gasteiger charge is 2.22. The summed E-state index contributed by atoms with van der Waals surface area (Å²) < 4.78 is 2.06. The van der Waals surface area contributed by atoms with Crippen LogP contribution in [0.4, 0.5) is 0 Å². The van der Waals surface area contributed by atoms with E-state index in [2.05, 4.69) is 59.1 Å². The van der Waals surface area contributed by atoms with Crippen molar-refractivity contribution in [2.24, 2.45) is 0 Å². The molecule has 2 rings (SSSR count). The Morgan fingerprint density at radius 1 is 1.26 bits per heavy atom. The summed E-state index contributed by atoms with van der Waals surface area (Å²) in [7, 11) is 0. The molecular formula is C14H27N5. The lowest BCUT2D eigenvalue weighted by Gasteiger charge is -2.34. The Morgan fingerprint density at radius 3 is 2.53 bits per heavy atom. The first kappa shape index (κ1) is 14.5. The van der Waals surface area contributed by atoms with Gasteiger partial charge in [-0.1, -0.05) is 19.1 Å². The highest BCUT2D eigenvalue weighted by Crippen LogP contribution is 2.22. The zero-order valence-corrected chi connectivity index (χ0v) is 12.6. The van der Waals surface area contributed by atoms with Crippen molar-refractivity contribution in [3.63, 3.8) is 0 Å². The summed E-state index contributed by atoms with van der Waals surface area (Å²) in [5, 5.41) is 11.9. The maximum absolute atomic E-state index is 4.30. The molecule has 0 atom stereocenters. The molecule has 1 fully saturated rings. The second-order valence-electron chi connectivity index (χ2n) is 6.09. The molecule has 0 saturated carbocycles. The zero-order valence-electron chi connectivity index (χ0n) is 12.6. The summed E-state index contributed by atoms with van der Waals surface area (Å²) in [6, 6.07) is 1.66. The smallest absolute Gasteiger partial charge is 0.0965 e. The van der Waals surface area contributed by atoms with Gasteiger partial charge in [0.05, 0.1) is 17.9 Å². The molecule has 1 saturated heterocycles. The largest absolute Gasteiger partial charge is 0.309 e. The minimum atomic E-state index is 0.486. The van der Waals surface area contributed by atoms with Crippen molar-refractivity contribution < 1.29 is 0 Å². The van der Waals surface area contributed by atoms with Crippen LogP contribution in [-0.2, 0) is 6.54 Å². The van der Waals surface area contributed by atoms with Gasteiger partial charge in [-0.15, -0.1) is 5.10 Å². The third-order valence-electron chi connectivity index (χ3n) is 3.85. The summed E-state index contributed by atoms with van der Waals surface area (Å²) in [6.07, 6.45) is 4.46. The summed E-state index contributed by atoms with van der Waals surface area (Å²) in [5.41, 5.74) is 1.04. The molecule has 0 bridgehead atoms. The van der Waals surface area contributed by atoms with Crippen LogP contribution in [0.15, 0.2) is 6.20 Å². The van der Waals surface area contributed by atoms with Crippen LogP contribution in [-0.4, -0.2) is 45.1 Å². The van der Waals surface area contributed by atoms with E-state index < -0.39 is 0 Å². The maximum atomic E-state index is 4.30. The molecule has 1 aromatic rings. The molecule has 1 N–H and O–H groups in total. The quantitative estimate of drug-likeness (QED) is 0.882. The summed E-state index contributed by atoms with van der Waals surface area (Å²) in [5.74, 6) is 0. The van der Waals surface area contributed by atoms with Gasteiger partial charge in [0, 0.05) is 31.7 Å². The van der Waals surface area contributed by atoms with Crippen molar-refractivity contribution in [3.05, 3.63) is 11.9 Å².